The molecule has 1 aromatic rings. The van der Waals surface area contributed by atoms with Gasteiger partial charge in [-0.2, -0.15) is 0 Å². The molecule has 0 radical (unpaired) electrons. The molecule has 1 atom stereocenters. The molecule has 0 aromatic carbocycles. The summed E-state index contributed by atoms with van der Waals surface area (Å²) in [6.45, 7) is 6.79. The fourth-order valence-electron chi connectivity index (χ4n) is 1.60. The Balaban J connectivity index is 2.71. The lowest BCUT2D eigenvalue weighted by atomic mass is 10.2. The van der Waals surface area contributed by atoms with Crippen LogP contribution in [0.4, 0.5) is 5.95 Å². The van der Waals surface area contributed by atoms with Crippen molar-refractivity contribution < 1.29 is 4.79 Å². The van der Waals surface area contributed by atoms with Crippen LogP contribution in [0.15, 0.2) is 18.5 Å². The van der Waals surface area contributed by atoms with Crippen LogP contribution in [0.2, 0.25) is 0 Å². The highest BCUT2D eigenvalue weighted by molar-refractivity contribution is 5.91. The summed E-state index contributed by atoms with van der Waals surface area (Å²) >= 11 is 0. The van der Waals surface area contributed by atoms with Crippen LogP contribution in [0.3, 0.4) is 0 Å². The number of hydrogen-bond acceptors (Lipinski definition) is 4. The Morgan fingerprint density at radius 2 is 2.06 bits per heavy atom. The van der Waals surface area contributed by atoms with E-state index in [4.69, 9.17) is 5.73 Å². The van der Waals surface area contributed by atoms with Crippen LogP contribution in [0.25, 0.3) is 6.08 Å². The molecule has 0 bridgehead atoms. The summed E-state index contributed by atoms with van der Waals surface area (Å²) in [7, 11) is 0. The van der Waals surface area contributed by atoms with E-state index in [2.05, 4.69) is 16.9 Å². The zero-order chi connectivity index (χ0) is 13.5. The number of carbonyl (C=O) groups excluding carboxylic acids is 1. The van der Waals surface area contributed by atoms with Gasteiger partial charge in [0.2, 0.25) is 11.9 Å². The van der Waals surface area contributed by atoms with Crippen molar-refractivity contribution in [2.24, 2.45) is 0 Å². The third-order valence-corrected chi connectivity index (χ3v) is 2.86. The van der Waals surface area contributed by atoms with Crippen molar-refractivity contribution in [3.63, 3.8) is 0 Å². The van der Waals surface area contributed by atoms with E-state index in [-0.39, 0.29) is 17.9 Å². The lowest BCUT2D eigenvalue weighted by molar-refractivity contribution is -0.127. The molecule has 1 amide bonds. The number of hydrogen-bond donors (Lipinski definition) is 1. The molecular weight excluding hydrogens is 228 g/mol. The predicted octanol–water partition coefficient (Wildman–Crippen LogP) is 1.72. The van der Waals surface area contributed by atoms with Gasteiger partial charge in [0, 0.05) is 36.6 Å². The Labute approximate surface area is 108 Å². The third-order valence-electron chi connectivity index (χ3n) is 2.86. The molecule has 0 saturated carbocycles. The quantitative estimate of drug-likeness (QED) is 0.805. The monoisotopic (exact) mass is 248 g/mol. The molecule has 1 unspecified atom stereocenters. The van der Waals surface area contributed by atoms with Gasteiger partial charge in [0.15, 0.2) is 0 Å². The zero-order valence-electron chi connectivity index (χ0n) is 11.1. The molecule has 5 nitrogen and oxygen atoms in total. The molecule has 5 heteroatoms. The molecule has 0 aliphatic carbocycles. The van der Waals surface area contributed by atoms with Gasteiger partial charge in [0.1, 0.15) is 0 Å². The van der Waals surface area contributed by atoms with Gasteiger partial charge in [-0.25, -0.2) is 9.97 Å². The summed E-state index contributed by atoms with van der Waals surface area (Å²) in [6.07, 6.45) is 7.37. The van der Waals surface area contributed by atoms with Crippen LogP contribution >= 0.6 is 0 Å². The van der Waals surface area contributed by atoms with E-state index in [0.717, 1.165) is 12.0 Å². The second kappa shape index (κ2) is 6.74. The summed E-state index contributed by atoms with van der Waals surface area (Å²) in [4.78, 5) is 21.5. The maximum atomic E-state index is 12.0. The standard InChI is InChI=1S/C13H20N4O/c1-4-10(3)17(5-2)12(18)7-6-11-8-15-13(14)16-9-11/h6-10H,4-5H2,1-3H3,(H2,14,15,16). The first-order valence-corrected chi connectivity index (χ1v) is 6.14. The molecular formula is C13H20N4O. The smallest absolute Gasteiger partial charge is 0.246 e. The number of nitrogens with two attached hydrogens (primary N) is 1. The Kier molecular flexibility index (Phi) is 5.30. The van der Waals surface area contributed by atoms with Crippen molar-refractivity contribution in [2.75, 3.05) is 12.3 Å². The first-order chi connectivity index (χ1) is 8.58. The number of aromatic nitrogens is 2. The zero-order valence-corrected chi connectivity index (χ0v) is 11.1. The molecule has 1 rings (SSSR count). The topological polar surface area (TPSA) is 72.1 Å². The van der Waals surface area contributed by atoms with Gasteiger partial charge in [-0.3, -0.25) is 4.79 Å². The van der Waals surface area contributed by atoms with Gasteiger partial charge in [-0.05, 0) is 26.3 Å². The highest BCUT2D eigenvalue weighted by Crippen LogP contribution is 2.06. The van der Waals surface area contributed by atoms with Crippen LogP contribution in [-0.4, -0.2) is 33.4 Å². The Morgan fingerprint density at radius 1 is 1.44 bits per heavy atom. The minimum Gasteiger partial charge on any atom is -0.368 e. The number of likely N-dealkylation sites (N-methyl/N-ethyl adjacent to an activating group) is 1. The predicted molar refractivity (Wildman–Crippen MR) is 72.6 cm³/mol. The van der Waals surface area contributed by atoms with Gasteiger partial charge in [0.05, 0.1) is 0 Å². The van der Waals surface area contributed by atoms with Crippen molar-refractivity contribution in [3.05, 3.63) is 24.0 Å². The van der Waals surface area contributed by atoms with E-state index in [0.29, 0.717) is 6.54 Å². The van der Waals surface area contributed by atoms with Crippen LogP contribution in [-0.2, 0) is 4.79 Å². The van der Waals surface area contributed by atoms with E-state index in [1.165, 1.54) is 0 Å². The van der Waals surface area contributed by atoms with Crippen LogP contribution < -0.4 is 5.73 Å². The molecule has 1 heterocycles. The van der Waals surface area contributed by atoms with Crippen LogP contribution in [0.5, 0.6) is 0 Å². The number of nitrogen functional groups attached to an aromatic ring is 1. The van der Waals surface area contributed by atoms with Gasteiger partial charge in [-0.1, -0.05) is 6.92 Å². The van der Waals surface area contributed by atoms with Crippen LogP contribution in [0, 0.1) is 0 Å². The first kappa shape index (κ1) is 14.2. The summed E-state index contributed by atoms with van der Waals surface area (Å²) < 4.78 is 0. The highest BCUT2D eigenvalue weighted by Gasteiger charge is 2.13. The normalized spacial score (nSPS) is 12.6. The third kappa shape index (κ3) is 3.84. The largest absolute Gasteiger partial charge is 0.368 e. The lowest BCUT2D eigenvalue weighted by Gasteiger charge is -2.25. The molecule has 0 aliphatic heterocycles. The average molecular weight is 248 g/mol. The van der Waals surface area contributed by atoms with Crippen LogP contribution in [0.1, 0.15) is 32.8 Å². The number of amides is 1. The molecule has 0 aliphatic rings. The second-order valence-electron chi connectivity index (χ2n) is 4.09. The molecule has 1 aromatic heterocycles. The summed E-state index contributed by atoms with van der Waals surface area (Å²) in [5.41, 5.74) is 6.15. The summed E-state index contributed by atoms with van der Waals surface area (Å²) in [6, 6.07) is 0.245. The van der Waals surface area contributed by atoms with Crippen molar-refractivity contribution in [1.29, 1.82) is 0 Å². The van der Waals surface area contributed by atoms with Crippen molar-refractivity contribution >= 4 is 17.9 Å². The minimum absolute atomic E-state index is 0.00340. The number of carbonyl (C=O) groups is 1. The van der Waals surface area contributed by atoms with Gasteiger partial charge in [-0.15, -0.1) is 0 Å². The number of anilines is 1. The van der Waals surface area contributed by atoms with Crippen molar-refractivity contribution in [2.45, 2.75) is 33.2 Å². The van der Waals surface area contributed by atoms with Gasteiger partial charge in [0.25, 0.3) is 0 Å². The Bertz CT molecular complexity index is 414. The fourth-order valence-corrected chi connectivity index (χ4v) is 1.60. The highest BCUT2D eigenvalue weighted by atomic mass is 16.2. The number of nitrogens with zero attached hydrogens (tertiary/aromatic N) is 3. The van der Waals surface area contributed by atoms with E-state index < -0.39 is 0 Å². The molecule has 0 fully saturated rings. The van der Waals surface area contributed by atoms with Gasteiger partial charge < -0.3 is 10.6 Å². The van der Waals surface area contributed by atoms with E-state index in [9.17, 15) is 4.79 Å². The van der Waals surface area contributed by atoms with E-state index in [1.54, 1.807) is 24.5 Å². The van der Waals surface area contributed by atoms with Crippen molar-refractivity contribution in [1.82, 2.24) is 14.9 Å². The molecule has 98 valence electrons. The summed E-state index contributed by atoms with van der Waals surface area (Å²) in [5.74, 6) is 0.233. The molecule has 18 heavy (non-hydrogen) atoms. The molecule has 2 N–H and O–H groups in total. The fraction of sp³-hybridized carbons (Fsp3) is 0.462. The lowest BCUT2D eigenvalue weighted by Crippen LogP contribution is -2.36. The summed E-state index contributed by atoms with van der Waals surface area (Å²) in [5, 5.41) is 0. The SMILES string of the molecule is CCC(C)N(CC)C(=O)C=Cc1cnc(N)nc1. The van der Waals surface area contributed by atoms with E-state index >= 15 is 0 Å². The first-order valence-electron chi connectivity index (χ1n) is 6.14. The van der Waals surface area contributed by atoms with Gasteiger partial charge >= 0.3 is 0 Å². The van der Waals surface area contributed by atoms with Crippen molar-refractivity contribution in [3.8, 4) is 0 Å². The number of rotatable bonds is 5. The average Bonchev–Trinajstić information content (AvgIpc) is 2.38. The Hall–Kier alpha value is -1.91. The molecule has 0 saturated heterocycles. The molecule has 0 spiro atoms. The maximum Gasteiger partial charge on any atom is 0.246 e. The second-order valence-corrected chi connectivity index (χ2v) is 4.09. The van der Waals surface area contributed by atoms with E-state index in [1.807, 2.05) is 18.7 Å². The Morgan fingerprint density at radius 3 is 2.56 bits per heavy atom. The maximum absolute atomic E-state index is 12.0. The minimum atomic E-state index is 0.00340.